The van der Waals surface area contributed by atoms with Gasteiger partial charge in [0.2, 0.25) is 5.91 Å². The fraction of sp³-hybridized carbons (Fsp3) is 0.250. The van der Waals surface area contributed by atoms with E-state index in [1.165, 1.54) is 24.7 Å². The van der Waals surface area contributed by atoms with Crippen LogP contribution in [-0.2, 0) is 16.0 Å². The summed E-state index contributed by atoms with van der Waals surface area (Å²) < 4.78 is 12.8. The van der Waals surface area contributed by atoms with E-state index >= 15 is 0 Å². The number of hydrogen-bond acceptors (Lipinski definition) is 4. The molecule has 0 saturated carbocycles. The smallest absolute Gasteiger partial charge is 0.326 e. The molecule has 2 aromatic rings. The number of aromatic amines is 1. The largest absolute Gasteiger partial charge is 0.480 e. The molecule has 24 heavy (non-hydrogen) atoms. The topological polar surface area (TPSA) is 112 Å². The molecule has 0 bridgehead atoms. The van der Waals surface area contributed by atoms with Crippen molar-refractivity contribution in [3.8, 4) is 0 Å². The Bertz CT molecular complexity index is 713. The quantitative estimate of drug-likeness (QED) is 0.631. The number of aliphatic carboxylic acids is 1. The number of imidazole rings is 1. The Morgan fingerprint density at radius 2 is 1.92 bits per heavy atom. The van der Waals surface area contributed by atoms with Gasteiger partial charge in [-0.25, -0.2) is 14.2 Å². The Kier molecular flexibility index (Phi) is 5.78. The number of nitrogens with one attached hydrogen (secondary N) is 2. The summed E-state index contributed by atoms with van der Waals surface area (Å²) >= 11 is 0. The zero-order chi connectivity index (χ0) is 17.5. The van der Waals surface area contributed by atoms with E-state index in [2.05, 4.69) is 15.3 Å². The summed E-state index contributed by atoms with van der Waals surface area (Å²) in [5, 5.41) is 11.5. The summed E-state index contributed by atoms with van der Waals surface area (Å²) in [6, 6.07) is 3.90. The first kappa shape index (κ1) is 17.3. The first-order valence-corrected chi connectivity index (χ1v) is 7.24. The lowest BCUT2D eigenvalue weighted by Crippen LogP contribution is -2.42. The van der Waals surface area contributed by atoms with Crippen LogP contribution in [0, 0.1) is 5.82 Å². The molecule has 3 N–H and O–H groups in total. The van der Waals surface area contributed by atoms with Gasteiger partial charge in [0.25, 0.3) is 0 Å². The number of rotatable bonds is 8. The van der Waals surface area contributed by atoms with Crippen LogP contribution < -0.4 is 5.32 Å². The van der Waals surface area contributed by atoms with Gasteiger partial charge in [0.15, 0.2) is 5.78 Å². The standard InChI is InChI=1S/C16H16FN3O4/c17-11-3-1-10(2-4-11)14(21)5-6-15(22)20-13(16(23)24)7-12-8-18-9-19-12/h1-4,8-9,13H,5-7H2,(H,18,19)(H,20,22)(H,23,24). The number of nitrogens with zero attached hydrogens (tertiary/aromatic N) is 1. The number of hydrogen-bond donors (Lipinski definition) is 3. The molecule has 7 nitrogen and oxygen atoms in total. The number of amides is 1. The van der Waals surface area contributed by atoms with E-state index in [1.54, 1.807) is 0 Å². The molecule has 1 unspecified atom stereocenters. The van der Waals surface area contributed by atoms with Crippen LogP contribution in [0.3, 0.4) is 0 Å². The lowest BCUT2D eigenvalue weighted by atomic mass is 10.1. The molecular weight excluding hydrogens is 317 g/mol. The van der Waals surface area contributed by atoms with E-state index in [1.807, 2.05) is 0 Å². The van der Waals surface area contributed by atoms with Crippen molar-refractivity contribution in [2.45, 2.75) is 25.3 Å². The molecule has 1 aromatic heterocycles. The van der Waals surface area contributed by atoms with E-state index in [4.69, 9.17) is 5.11 Å². The Morgan fingerprint density at radius 3 is 2.50 bits per heavy atom. The van der Waals surface area contributed by atoms with Gasteiger partial charge in [-0.3, -0.25) is 9.59 Å². The number of halogens is 1. The number of ketones is 1. The van der Waals surface area contributed by atoms with Gasteiger partial charge in [-0.15, -0.1) is 0 Å². The maximum Gasteiger partial charge on any atom is 0.326 e. The van der Waals surface area contributed by atoms with Gasteiger partial charge in [-0.1, -0.05) is 0 Å². The van der Waals surface area contributed by atoms with Crippen LogP contribution in [0.4, 0.5) is 4.39 Å². The SMILES string of the molecule is O=C(CCC(=O)c1ccc(F)cc1)NC(Cc1cnc[nH]1)C(=O)O. The highest BCUT2D eigenvalue weighted by atomic mass is 19.1. The van der Waals surface area contributed by atoms with E-state index in [-0.39, 0.29) is 25.0 Å². The number of Topliss-reactive ketones (excluding diaryl/α,β-unsaturated/α-hetero) is 1. The number of carboxylic acid groups (broad SMARTS) is 1. The average Bonchev–Trinajstić information content (AvgIpc) is 3.05. The molecule has 0 radical (unpaired) electrons. The molecule has 1 amide bonds. The Labute approximate surface area is 136 Å². The van der Waals surface area contributed by atoms with Crippen molar-refractivity contribution in [1.29, 1.82) is 0 Å². The zero-order valence-corrected chi connectivity index (χ0v) is 12.7. The molecular formula is C16H16FN3O4. The van der Waals surface area contributed by atoms with Crippen molar-refractivity contribution >= 4 is 17.7 Å². The van der Waals surface area contributed by atoms with E-state index in [9.17, 15) is 18.8 Å². The second-order valence-electron chi connectivity index (χ2n) is 5.17. The van der Waals surface area contributed by atoms with Gasteiger partial charge in [-0.05, 0) is 24.3 Å². The molecule has 1 aromatic carbocycles. The molecule has 1 atom stereocenters. The molecule has 0 fully saturated rings. The Morgan fingerprint density at radius 1 is 1.21 bits per heavy atom. The fourth-order valence-corrected chi connectivity index (χ4v) is 2.09. The molecule has 2 rings (SSSR count). The fourth-order valence-electron chi connectivity index (χ4n) is 2.09. The normalized spacial score (nSPS) is 11.7. The van der Waals surface area contributed by atoms with Crippen LogP contribution >= 0.6 is 0 Å². The number of aromatic nitrogens is 2. The highest BCUT2D eigenvalue weighted by Crippen LogP contribution is 2.08. The Balaban J connectivity index is 1.85. The van der Waals surface area contributed by atoms with Crippen molar-refractivity contribution in [3.63, 3.8) is 0 Å². The van der Waals surface area contributed by atoms with Gasteiger partial charge in [-0.2, -0.15) is 0 Å². The summed E-state index contributed by atoms with van der Waals surface area (Å²) in [5.74, 6) is -2.49. The molecule has 0 spiro atoms. The van der Waals surface area contributed by atoms with Crippen LogP contribution in [0.5, 0.6) is 0 Å². The summed E-state index contributed by atoms with van der Waals surface area (Å²) in [4.78, 5) is 41.5. The number of benzene rings is 1. The van der Waals surface area contributed by atoms with Crippen LogP contribution in [0.1, 0.15) is 28.9 Å². The minimum atomic E-state index is -1.18. The van der Waals surface area contributed by atoms with Crippen molar-refractivity contribution in [2.75, 3.05) is 0 Å². The van der Waals surface area contributed by atoms with Crippen molar-refractivity contribution in [1.82, 2.24) is 15.3 Å². The number of carbonyl (C=O) groups is 3. The van der Waals surface area contributed by atoms with Gasteiger partial charge >= 0.3 is 5.97 Å². The molecule has 0 aliphatic heterocycles. The van der Waals surface area contributed by atoms with E-state index < -0.39 is 23.7 Å². The van der Waals surface area contributed by atoms with E-state index in [0.29, 0.717) is 11.3 Å². The van der Waals surface area contributed by atoms with Crippen LogP contribution in [-0.4, -0.2) is 38.8 Å². The van der Waals surface area contributed by atoms with Crippen molar-refractivity contribution < 1.29 is 23.9 Å². The van der Waals surface area contributed by atoms with Crippen molar-refractivity contribution in [3.05, 3.63) is 53.9 Å². The molecule has 1 heterocycles. The molecule has 126 valence electrons. The number of carboxylic acids is 1. The first-order chi connectivity index (χ1) is 11.5. The van der Waals surface area contributed by atoms with Crippen LogP contribution in [0.25, 0.3) is 0 Å². The highest BCUT2D eigenvalue weighted by molar-refractivity contribution is 5.98. The summed E-state index contributed by atoms with van der Waals surface area (Å²) in [6.07, 6.45) is 2.71. The minimum Gasteiger partial charge on any atom is -0.480 e. The maximum absolute atomic E-state index is 12.8. The van der Waals surface area contributed by atoms with Gasteiger partial charge < -0.3 is 15.4 Å². The number of carbonyl (C=O) groups excluding carboxylic acids is 2. The highest BCUT2D eigenvalue weighted by Gasteiger charge is 2.21. The van der Waals surface area contributed by atoms with Gasteiger partial charge in [0.1, 0.15) is 11.9 Å². The Hall–Kier alpha value is -3.03. The monoisotopic (exact) mass is 333 g/mol. The molecule has 0 aliphatic rings. The summed E-state index contributed by atoms with van der Waals surface area (Å²) in [6.45, 7) is 0. The summed E-state index contributed by atoms with van der Waals surface area (Å²) in [5.41, 5.74) is 0.876. The predicted octanol–water partition coefficient (Wildman–Crippen LogP) is 1.32. The predicted molar refractivity (Wildman–Crippen MR) is 81.8 cm³/mol. The minimum absolute atomic E-state index is 0.0625. The third-order valence-electron chi connectivity index (χ3n) is 3.36. The first-order valence-electron chi connectivity index (χ1n) is 7.24. The third kappa shape index (κ3) is 5.01. The van der Waals surface area contributed by atoms with E-state index in [0.717, 1.165) is 12.1 Å². The average molecular weight is 333 g/mol. The lowest BCUT2D eigenvalue weighted by molar-refractivity contribution is -0.141. The molecule has 0 aliphatic carbocycles. The maximum atomic E-state index is 12.8. The summed E-state index contributed by atoms with van der Waals surface area (Å²) in [7, 11) is 0. The van der Waals surface area contributed by atoms with Gasteiger partial charge in [0.05, 0.1) is 6.33 Å². The third-order valence-corrected chi connectivity index (χ3v) is 3.36. The van der Waals surface area contributed by atoms with Crippen LogP contribution in [0.15, 0.2) is 36.8 Å². The number of H-pyrrole nitrogens is 1. The second kappa shape index (κ2) is 8.00. The lowest BCUT2D eigenvalue weighted by Gasteiger charge is -2.13. The molecule has 0 saturated heterocycles. The second-order valence-corrected chi connectivity index (χ2v) is 5.17. The van der Waals surface area contributed by atoms with Gasteiger partial charge in [0, 0.05) is 36.7 Å². The van der Waals surface area contributed by atoms with Crippen molar-refractivity contribution in [2.24, 2.45) is 0 Å². The zero-order valence-electron chi connectivity index (χ0n) is 12.7. The molecule has 8 heteroatoms. The van der Waals surface area contributed by atoms with Crippen LogP contribution in [0.2, 0.25) is 0 Å².